The molecule has 0 radical (unpaired) electrons. The minimum atomic E-state index is -3.74. The minimum Gasteiger partial charge on any atom is -0.465 e. The molecule has 1 fully saturated rings. The van der Waals surface area contributed by atoms with Gasteiger partial charge in [-0.05, 0) is 18.2 Å². The molecule has 0 spiro atoms. The van der Waals surface area contributed by atoms with E-state index < -0.39 is 26.8 Å². The van der Waals surface area contributed by atoms with Gasteiger partial charge in [-0.2, -0.15) is 4.31 Å². The maximum atomic E-state index is 12.5. The summed E-state index contributed by atoms with van der Waals surface area (Å²) in [5.74, 6) is 0.0534. The zero-order valence-electron chi connectivity index (χ0n) is 11.4. The summed E-state index contributed by atoms with van der Waals surface area (Å²) < 4.78 is 42.1. The molecule has 0 aliphatic carbocycles. The van der Waals surface area contributed by atoms with Gasteiger partial charge in [0.25, 0.3) is 0 Å². The lowest BCUT2D eigenvalue weighted by Gasteiger charge is -2.26. The van der Waals surface area contributed by atoms with Gasteiger partial charge in [-0.25, -0.2) is 13.2 Å². The highest BCUT2D eigenvalue weighted by Crippen LogP contribution is 2.24. The van der Waals surface area contributed by atoms with Crippen LogP contribution in [0.15, 0.2) is 23.1 Å². The van der Waals surface area contributed by atoms with Crippen LogP contribution in [0.4, 0.5) is 5.69 Å². The van der Waals surface area contributed by atoms with Crippen LogP contribution >= 0.6 is 0 Å². The molecule has 1 heterocycles. The number of nitrogens with zero attached hydrogens (tertiary/aromatic N) is 1. The van der Waals surface area contributed by atoms with E-state index in [9.17, 15) is 17.4 Å². The van der Waals surface area contributed by atoms with Gasteiger partial charge in [0, 0.05) is 35.4 Å². The number of methoxy groups -OCH3 is 1. The fraction of sp³-hybridized carbons (Fsp3) is 0.417. The summed E-state index contributed by atoms with van der Waals surface area (Å²) in [5, 5.41) is 0. The van der Waals surface area contributed by atoms with Crippen LogP contribution in [-0.4, -0.2) is 54.6 Å². The quantitative estimate of drug-likeness (QED) is 0.607. The van der Waals surface area contributed by atoms with E-state index in [2.05, 4.69) is 4.74 Å². The molecule has 1 aromatic carbocycles. The lowest BCUT2D eigenvalue weighted by atomic mass is 10.2. The molecule has 7 nitrogen and oxygen atoms in total. The maximum Gasteiger partial charge on any atom is 0.337 e. The Balaban J connectivity index is 2.32. The second-order valence-corrected chi connectivity index (χ2v) is 8.10. The Morgan fingerprint density at radius 2 is 1.95 bits per heavy atom. The standard InChI is InChI=1S/C12H16N2O5S2/c1-19-12(15)9-2-3-11(10(13)8-9)21(17,18)14-4-6-20(16)7-5-14/h2-3,8H,4-7,13H2,1H3. The monoisotopic (exact) mass is 332 g/mol. The number of nitrogen functional groups attached to an aromatic ring is 1. The molecule has 116 valence electrons. The topological polar surface area (TPSA) is 107 Å². The Labute approximate surface area is 125 Å². The third-order valence-electron chi connectivity index (χ3n) is 3.19. The molecule has 0 unspecified atom stereocenters. The van der Waals surface area contributed by atoms with Crippen molar-refractivity contribution in [1.82, 2.24) is 4.31 Å². The Morgan fingerprint density at radius 1 is 1.33 bits per heavy atom. The van der Waals surface area contributed by atoms with Crippen LogP contribution < -0.4 is 5.73 Å². The van der Waals surface area contributed by atoms with Gasteiger partial charge in [0.2, 0.25) is 10.0 Å². The number of esters is 1. The zero-order valence-corrected chi connectivity index (χ0v) is 13.1. The van der Waals surface area contributed by atoms with Gasteiger partial charge in [0.05, 0.1) is 18.4 Å². The lowest BCUT2D eigenvalue weighted by Crippen LogP contribution is -2.41. The van der Waals surface area contributed by atoms with E-state index in [1.165, 1.54) is 29.6 Å². The minimum absolute atomic E-state index is 0.00963. The van der Waals surface area contributed by atoms with Crippen molar-refractivity contribution >= 4 is 32.5 Å². The van der Waals surface area contributed by atoms with Gasteiger partial charge in [0.1, 0.15) is 4.90 Å². The van der Waals surface area contributed by atoms with Crippen molar-refractivity contribution < 1.29 is 22.2 Å². The fourth-order valence-corrected chi connectivity index (χ4v) is 4.85. The molecule has 1 saturated heterocycles. The number of hydrogen-bond donors (Lipinski definition) is 1. The number of hydrogen-bond acceptors (Lipinski definition) is 6. The van der Waals surface area contributed by atoms with E-state index in [4.69, 9.17) is 5.73 Å². The summed E-state index contributed by atoms with van der Waals surface area (Å²) in [5.41, 5.74) is 5.94. The number of carbonyl (C=O) groups excluding carboxylic acids is 1. The Morgan fingerprint density at radius 3 is 2.48 bits per heavy atom. The molecular formula is C12H16N2O5S2. The van der Waals surface area contributed by atoms with E-state index in [1.54, 1.807) is 0 Å². The van der Waals surface area contributed by atoms with Crippen LogP contribution in [0, 0.1) is 0 Å². The first-order valence-electron chi connectivity index (χ1n) is 6.19. The van der Waals surface area contributed by atoms with E-state index in [1.807, 2.05) is 0 Å². The maximum absolute atomic E-state index is 12.5. The summed E-state index contributed by atoms with van der Waals surface area (Å²) in [7, 11) is -3.48. The largest absolute Gasteiger partial charge is 0.465 e. The van der Waals surface area contributed by atoms with Gasteiger partial charge >= 0.3 is 5.97 Å². The van der Waals surface area contributed by atoms with Crippen molar-refractivity contribution in [3.8, 4) is 0 Å². The lowest BCUT2D eigenvalue weighted by molar-refractivity contribution is 0.0600. The number of anilines is 1. The highest BCUT2D eigenvalue weighted by atomic mass is 32.2. The van der Waals surface area contributed by atoms with Crippen LogP contribution in [0.3, 0.4) is 0 Å². The molecule has 0 atom stereocenters. The molecule has 1 aliphatic rings. The fourth-order valence-electron chi connectivity index (χ4n) is 2.03. The van der Waals surface area contributed by atoms with Crippen molar-refractivity contribution in [1.29, 1.82) is 0 Å². The number of rotatable bonds is 3. The van der Waals surface area contributed by atoms with Gasteiger partial charge in [-0.15, -0.1) is 0 Å². The zero-order chi connectivity index (χ0) is 15.6. The highest BCUT2D eigenvalue weighted by Gasteiger charge is 2.29. The van der Waals surface area contributed by atoms with Crippen molar-refractivity contribution in [2.75, 3.05) is 37.4 Å². The van der Waals surface area contributed by atoms with Crippen molar-refractivity contribution in [2.45, 2.75) is 4.90 Å². The number of nitrogens with two attached hydrogens (primary N) is 1. The van der Waals surface area contributed by atoms with Gasteiger partial charge in [-0.3, -0.25) is 4.21 Å². The molecule has 0 bridgehead atoms. The molecule has 21 heavy (non-hydrogen) atoms. The first-order chi connectivity index (χ1) is 9.86. The molecular weight excluding hydrogens is 316 g/mol. The molecule has 0 aromatic heterocycles. The molecule has 0 saturated carbocycles. The van der Waals surface area contributed by atoms with Crippen molar-refractivity contribution in [3.63, 3.8) is 0 Å². The Bertz CT molecular complexity index is 677. The van der Waals surface area contributed by atoms with Crippen LogP contribution in [-0.2, 0) is 25.6 Å². The van der Waals surface area contributed by atoms with Crippen LogP contribution in [0.5, 0.6) is 0 Å². The van der Waals surface area contributed by atoms with Gasteiger partial charge < -0.3 is 10.5 Å². The Kier molecular flexibility index (Phi) is 4.64. The van der Waals surface area contributed by atoms with Gasteiger partial charge in [-0.1, -0.05) is 0 Å². The smallest absolute Gasteiger partial charge is 0.337 e. The molecule has 1 aliphatic heterocycles. The first kappa shape index (κ1) is 15.9. The second kappa shape index (κ2) is 6.12. The summed E-state index contributed by atoms with van der Waals surface area (Å²) in [6.45, 7) is 0.403. The normalized spacial score (nSPS) is 17.6. The summed E-state index contributed by atoms with van der Waals surface area (Å²) >= 11 is 0. The molecule has 2 rings (SSSR count). The van der Waals surface area contributed by atoms with E-state index in [0.29, 0.717) is 11.5 Å². The van der Waals surface area contributed by atoms with Crippen molar-refractivity contribution in [2.24, 2.45) is 0 Å². The van der Waals surface area contributed by atoms with Crippen LogP contribution in [0.1, 0.15) is 10.4 Å². The predicted octanol–water partition coefficient (Wildman–Crippen LogP) is -0.192. The molecule has 1 aromatic rings. The van der Waals surface area contributed by atoms with E-state index >= 15 is 0 Å². The van der Waals surface area contributed by atoms with E-state index in [-0.39, 0.29) is 29.2 Å². The van der Waals surface area contributed by atoms with Gasteiger partial charge in [0.15, 0.2) is 0 Å². The third kappa shape index (κ3) is 3.25. The first-order valence-corrected chi connectivity index (χ1v) is 9.12. The summed E-state index contributed by atoms with van der Waals surface area (Å²) in [6, 6.07) is 3.93. The molecule has 0 amide bonds. The van der Waals surface area contributed by atoms with Crippen molar-refractivity contribution in [3.05, 3.63) is 23.8 Å². The summed E-state index contributed by atoms with van der Waals surface area (Å²) in [4.78, 5) is 11.3. The average Bonchev–Trinajstić information content (AvgIpc) is 2.46. The SMILES string of the molecule is COC(=O)c1ccc(S(=O)(=O)N2CCS(=O)CC2)c(N)c1. The highest BCUT2D eigenvalue weighted by molar-refractivity contribution is 7.89. The Hall–Kier alpha value is -1.45. The van der Waals surface area contributed by atoms with E-state index in [0.717, 1.165) is 0 Å². The van der Waals surface area contributed by atoms with Crippen LogP contribution in [0.25, 0.3) is 0 Å². The number of sulfonamides is 1. The molecule has 2 N–H and O–H groups in total. The second-order valence-electron chi connectivity index (χ2n) is 4.50. The van der Waals surface area contributed by atoms with Crippen LogP contribution in [0.2, 0.25) is 0 Å². The average molecular weight is 332 g/mol. The number of ether oxygens (including phenoxy) is 1. The molecule has 9 heteroatoms. The number of carbonyl (C=O) groups is 1. The number of benzene rings is 1. The summed E-state index contributed by atoms with van der Waals surface area (Å²) in [6.07, 6.45) is 0. The predicted molar refractivity (Wildman–Crippen MR) is 78.8 cm³/mol. The third-order valence-corrected chi connectivity index (χ3v) is 6.43.